The first-order valence-electron chi connectivity index (χ1n) is 7.67. The third-order valence-electron chi connectivity index (χ3n) is 3.26. The van der Waals surface area contributed by atoms with Gasteiger partial charge in [-0.3, -0.25) is 4.79 Å². The van der Waals surface area contributed by atoms with Crippen LogP contribution in [0.3, 0.4) is 0 Å². The first-order chi connectivity index (χ1) is 11.5. The Labute approximate surface area is 141 Å². The van der Waals surface area contributed by atoms with Gasteiger partial charge in [-0.15, -0.1) is 0 Å². The van der Waals surface area contributed by atoms with Crippen molar-refractivity contribution in [3.8, 4) is 5.75 Å². The first-order valence-corrected chi connectivity index (χ1v) is 7.67. The molecule has 0 saturated carbocycles. The van der Waals surface area contributed by atoms with Crippen molar-refractivity contribution in [3.63, 3.8) is 0 Å². The van der Waals surface area contributed by atoms with Gasteiger partial charge in [0.15, 0.2) is 0 Å². The number of hydrogen-bond acceptors (Lipinski definition) is 4. The van der Waals surface area contributed by atoms with Crippen molar-refractivity contribution in [1.29, 1.82) is 0 Å². The van der Waals surface area contributed by atoms with E-state index in [0.717, 1.165) is 11.1 Å². The largest absolute Gasteiger partial charge is 0.423 e. The summed E-state index contributed by atoms with van der Waals surface area (Å²) in [6, 6.07) is 14.1. The van der Waals surface area contributed by atoms with Gasteiger partial charge < -0.3 is 4.74 Å². The number of rotatable bonds is 5. The molecule has 124 valence electrons. The van der Waals surface area contributed by atoms with Gasteiger partial charge in [-0.05, 0) is 48.9 Å². The Kier molecular flexibility index (Phi) is 5.84. The summed E-state index contributed by atoms with van der Waals surface area (Å²) in [6.07, 6.45) is 1.53. The Morgan fingerprint density at radius 1 is 1.12 bits per heavy atom. The van der Waals surface area contributed by atoms with E-state index < -0.39 is 5.97 Å². The summed E-state index contributed by atoms with van der Waals surface area (Å²) in [5, 5.41) is 3.88. The monoisotopic (exact) mass is 324 g/mol. The lowest BCUT2D eigenvalue weighted by Crippen LogP contribution is -2.22. The fraction of sp³-hybridized carbons (Fsp3) is 0.211. The molecule has 0 aliphatic rings. The molecule has 0 aliphatic heterocycles. The summed E-state index contributed by atoms with van der Waals surface area (Å²) >= 11 is 0. The van der Waals surface area contributed by atoms with Crippen molar-refractivity contribution in [2.45, 2.75) is 20.8 Å². The van der Waals surface area contributed by atoms with Crippen molar-refractivity contribution in [3.05, 3.63) is 65.2 Å². The molecule has 24 heavy (non-hydrogen) atoms. The molecule has 0 atom stereocenters. The summed E-state index contributed by atoms with van der Waals surface area (Å²) in [6.45, 7) is 5.51. The topological polar surface area (TPSA) is 67.8 Å². The Bertz CT molecular complexity index is 749. The standard InChI is InChI=1S/C19H20N2O3/c1-13(2)18(22)21-20-12-15-7-9-17(10-8-15)24-19(23)16-6-4-5-14(3)11-16/h4-13H,1-3H3,(H,21,22)/b20-12+. The van der Waals surface area contributed by atoms with Gasteiger partial charge in [0.05, 0.1) is 11.8 Å². The molecule has 1 amide bonds. The number of carbonyl (C=O) groups is 2. The van der Waals surface area contributed by atoms with Gasteiger partial charge >= 0.3 is 5.97 Å². The highest BCUT2D eigenvalue weighted by atomic mass is 16.5. The normalized spacial score (nSPS) is 10.8. The number of benzene rings is 2. The Morgan fingerprint density at radius 2 is 1.83 bits per heavy atom. The molecule has 5 heteroatoms. The Balaban J connectivity index is 1.96. The molecule has 1 N–H and O–H groups in total. The summed E-state index contributed by atoms with van der Waals surface area (Å²) in [5.74, 6) is -0.213. The van der Waals surface area contributed by atoms with E-state index in [1.54, 1.807) is 50.2 Å². The minimum absolute atomic E-state index is 0.120. The van der Waals surface area contributed by atoms with Gasteiger partial charge in [0.1, 0.15) is 5.75 Å². The molecule has 2 aromatic rings. The van der Waals surface area contributed by atoms with Crippen LogP contribution in [0.15, 0.2) is 53.6 Å². The van der Waals surface area contributed by atoms with Gasteiger partial charge in [-0.1, -0.05) is 31.5 Å². The number of hydrazone groups is 1. The molecule has 5 nitrogen and oxygen atoms in total. The third-order valence-corrected chi connectivity index (χ3v) is 3.26. The van der Waals surface area contributed by atoms with Crippen molar-refractivity contribution < 1.29 is 14.3 Å². The van der Waals surface area contributed by atoms with Crippen LogP contribution in [0.4, 0.5) is 0 Å². The average molecular weight is 324 g/mol. The van der Waals surface area contributed by atoms with E-state index in [-0.39, 0.29) is 11.8 Å². The molecular formula is C19H20N2O3. The predicted octanol–water partition coefficient (Wildman–Crippen LogP) is 3.32. The average Bonchev–Trinajstić information content (AvgIpc) is 2.56. The van der Waals surface area contributed by atoms with E-state index in [1.165, 1.54) is 6.21 Å². The smallest absolute Gasteiger partial charge is 0.343 e. The fourth-order valence-electron chi connectivity index (χ4n) is 1.86. The van der Waals surface area contributed by atoms with Crippen molar-refractivity contribution in [2.24, 2.45) is 11.0 Å². The van der Waals surface area contributed by atoms with Gasteiger partial charge in [-0.2, -0.15) is 5.10 Å². The van der Waals surface area contributed by atoms with Crippen LogP contribution in [0, 0.1) is 12.8 Å². The van der Waals surface area contributed by atoms with Crippen LogP contribution >= 0.6 is 0 Å². The highest BCUT2D eigenvalue weighted by molar-refractivity contribution is 5.91. The third kappa shape index (κ3) is 5.05. The molecule has 0 aromatic heterocycles. The first kappa shape index (κ1) is 17.4. The Morgan fingerprint density at radius 3 is 2.46 bits per heavy atom. The maximum Gasteiger partial charge on any atom is 0.343 e. The number of ether oxygens (including phenoxy) is 1. The van der Waals surface area contributed by atoms with Crippen LogP contribution < -0.4 is 10.2 Å². The van der Waals surface area contributed by atoms with E-state index in [9.17, 15) is 9.59 Å². The fourth-order valence-corrected chi connectivity index (χ4v) is 1.86. The van der Waals surface area contributed by atoms with Crippen LogP contribution in [-0.4, -0.2) is 18.1 Å². The van der Waals surface area contributed by atoms with E-state index in [0.29, 0.717) is 11.3 Å². The van der Waals surface area contributed by atoms with Crippen molar-refractivity contribution in [1.82, 2.24) is 5.43 Å². The van der Waals surface area contributed by atoms with Crippen LogP contribution in [0.25, 0.3) is 0 Å². The number of amides is 1. The summed E-state index contributed by atoms with van der Waals surface area (Å²) in [7, 11) is 0. The van der Waals surface area contributed by atoms with Crippen LogP contribution in [0.5, 0.6) is 5.75 Å². The molecule has 0 fully saturated rings. The molecule has 0 radical (unpaired) electrons. The Hall–Kier alpha value is -2.95. The maximum absolute atomic E-state index is 12.1. The van der Waals surface area contributed by atoms with Gasteiger partial charge in [0.25, 0.3) is 0 Å². The number of aryl methyl sites for hydroxylation is 1. The molecule has 0 aliphatic carbocycles. The number of hydrogen-bond donors (Lipinski definition) is 1. The lowest BCUT2D eigenvalue weighted by Gasteiger charge is -2.05. The molecule has 2 aromatic carbocycles. The molecule has 0 spiro atoms. The SMILES string of the molecule is Cc1cccc(C(=O)Oc2ccc(/C=N/NC(=O)C(C)C)cc2)c1. The number of carbonyl (C=O) groups excluding carboxylic acids is 2. The minimum atomic E-state index is -0.399. The van der Waals surface area contributed by atoms with Gasteiger partial charge in [0, 0.05) is 5.92 Å². The lowest BCUT2D eigenvalue weighted by molar-refractivity contribution is -0.123. The second-order valence-electron chi connectivity index (χ2n) is 5.72. The van der Waals surface area contributed by atoms with Crippen LogP contribution in [0.1, 0.15) is 35.3 Å². The van der Waals surface area contributed by atoms with Gasteiger partial charge in [0.2, 0.25) is 5.91 Å². The zero-order valence-corrected chi connectivity index (χ0v) is 13.9. The summed E-state index contributed by atoms with van der Waals surface area (Å²) in [4.78, 5) is 23.5. The van der Waals surface area contributed by atoms with E-state index >= 15 is 0 Å². The van der Waals surface area contributed by atoms with E-state index in [1.807, 2.05) is 19.1 Å². The van der Waals surface area contributed by atoms with Crippen molar-refractivity contribution in [2.75, 3.05) is 0 Å². The summed E-state index contributed by atoms with van der Waals surface area (Å²) in [5.41, 5.74) is 4.75. The lowest BCUT2D eigenvalue weighted by atomic mass is 10.1. The van der Waals surface area contributed by atoms with E-state index in [2.05, 4.69) is 10.5 Å². The number of nitrogens with zero attached hydrogens (tertiary/aromatic N) is 1. The van der Waals surface area contributed by atoms with Crippen molar-refractivity contribution >= 4 is 18.1 Å². The number of esters is 1. The molecule has 0 saturated heterocycles. The molecule has 0 unspecified atom stereocenters. The number of nitrogens with one attached hydrogen (secondary N) is 1. The molecular weight excluding hydrogens is 304 g/mol. The highest BCUT2D eigenvalue weighted by Gasteiger charge is 2.08. The van der Waals surface area contributed by atoms with E-state index in [4.69, 9.17) is 4.74 Å². The predicted molar refractivity (Wildman–Crippen MR) is 93.2 cm³/mol. The van der Waals surface area contributed by atoms with Crippen LogP contribution in [-0.2, 0) is 4.79 Å². The van der Waals surface area contributed by atoms with Gasteiger partial charge in [-0.25, -0.2) is 10.2 Å². The summed E-state index contributed by atoms with van der Waals surface area (Å²) < 4.78 is 5.33. The molecule has 2 rings (SSSR count). The highest BCUT2D eigenvalue weighted by Crippen LogP contribution is 2.14. The second-order valence-corrected chi connectivity index (χ2v) is 5.72. The second kappa shape index (κ2) is 8.06. The zero-order chi connectivity index (χ0) is 17.5. The van der Waals surface area contributed by atoms with Crippen LogP contribution in [0.2, 0.25) is 0 Å². The molecule has 0 bridgehead atoms. The quantitative estimate of drug-likeness (QED) is 0.397. The minimum Gasteiger partial charge on any atom is -0.423 e. The maximum atomic E-state index is 12.1. The zero-order valence-electron chi connectivity index (χ0n) is 13.9. The molecule has 0 heterocycles.